The van der Waals surface area contributed by atoms with Gasteiger partial charge in [0.05, 0.1) is 11.4 Å². The summed E-state index contributed by atoms with van der Waals surface area (Å²) in [5.41, 5.74) is -2.06. The zero-order chi connectivity index (χ0) is 22.1. The normalized spacial score (nSPS) is 12.0. The Hall–Kier alpha value is -3.66. The van der Waals surface area contributed by atoms with E-state index in [1.54, 1.807) is 24.5 Å². The number of benzene rings is 2. The summed E-state index contributed by atoms with van der Waals surface area (Å²) < 4.78 is 62.0. The van der Waals surface area contributed by atoms with E-state index in [0.717, 1.165) is 11.1 Å². The number of imidazole rings is 1. The van der Waals surface area contributed by atoms with Crippen LogP contribution < -0.4 is 4.72 Å². The number of alkyl halides is 3. The molecule has 31 heavy (non-hydrogen) atoms. The van der Waals surface area contributed by atoms with Gasteiger partial charge in [-0.25, -0.2) is 4.98 Å². The lowest BCUT2D eigenvalue weighted by Crippen LogP contribution is -2.29. The first-order valence-electron chi connectivity index (χ1n) is 9.00. The fourth-order valence-corrected chi connectivity index (χ4v) is 3.51. The molecule has 0 amide bonds. The van der Waals surface area contributed by atoms with E-state index in [2.05, 4.69) is 15.0 Å². The van der Waals surface area contributed by atoms with Gasteiger partial charge < -0.3 is 4.98 Å². The number of hydrogen-bond acceptors (Lipinski definition) is 4. The minimum absolute atomic E-state index is 0.203. The molecule has 0 radical (unpaired) electrons. The second-order valence-corrected chi connectivity index (χ2v) is 8.21. The number of nitrogens with zero attached hydrogens (tertiary/aromatic N) is 2. The highest BCUT2D eigenvalue weighted by Gasteiger charge is 2.46. The standard InChI is InChI=1S/C21H15F3N4O2S/c22-21(23,24)31(29,30)28-17-8-6-14(7-9-17)18-19(15-10-12-25-13-11-15)27-20(26-18)16-4-2-1-3-5-16/h1-13,28H,(H,26,27). The van der Waals surface area contributed by atoms with Crippen LogP contribution in [0.5, 0.6) is 0 Å². The van der Waals surface area contributed by atoms with Crippen molar-refractivity contribution in [2.45, 2.75) is 5.51 Å². The average Bonchev–Trinajstić information content (AvgIpc) is 3.20. The highest BCUT2D eigenvalue weighted by molar-refractivity contribution is 7.93. The van der Waals surface area contributed by atoms with Crippen molar-refractivity contribution in [1.82, 2.24) is 15.0 Å². The molecule has 0 saturated heterocycles. The lowest BCUT2D eigenvalue weighted by Gasteiger charge is -2.11. The van der Waals surface area contributed by atoms with Crippen LogP contribution in [0.4, 0.5) is 18.9 Å². The van der Waals surface area contributed by atoms with Crippen LogP contribution in [0.15, 0.2) is 79.1 Å². The van der Waals surface area contributed by atoms with Crippen molar-refractivity contribution in [3.05, 3.63) is 79.1 Å². The Labute approximate surface area is 175 Å². The molecule has 0 fully saturated rings. The highest BCUT2D eigenvalue weighted by atomic mass is 32.2. The topological polar surface area (TPSA) is 87.7 Å². The van der Waals surface area contributed by atoms with Crippen molar-refractivity contribution in [3.63, 3.8) is 0 Å². The van der Waals surface area contributed by atoms with E-state index in [9.17, 15) is 21.6 Å². The van der Waals surface area contributed by atoms with Crippen molar-refractivity contribution in [1.29, 1.82) is 0 Å². The number of anilines is 1. The van der Waals surface area contributed by atoms with Gasteiger partial charge in [0.25, 0.3) is 0 Å². The molecule has 158 valence electrons. The van der Waals surface area contributed by atoms with Crippen molar-refractivity contribution in [3.8, 4) is 33.9 Å². The highest BCUT2D eigenvalue weighted by Crippen LogP contribution is 2.34. The quantitative estimate of drug-likeness (QED) is 0.450. The van der Waals surface area contributed by atoms with E-state index in [1.807, 2.05) is 30.3 Å². The number of pyridine rings is 1. The maximum Gasteiger partial charge on any atom is 0.516 e. The van der Waals surface area contributed by atoms with Crippen molar-refractivity contribution >= 4 is 15.7 Å². The molecule has 0 aliphatic heterocycles. The summed E-state index contributed by atoms with van der Waals surface area (Å²) >= 11 is 0. The molecule has 2 aromatic heterocycles. The fraction of sp³-hybridized carbons (Fsp3) is 0.0476. The third-order valence-corrected chi connectivity index (χ3v) is 5.55. The Morgan fingerprint density at radius 2 is 1.45 bits per heavy atom. The first-order chi connectivity index (χ1) is 14.7. The third kappa shape index (κ3) is 4.29. The monoisotopic (exact) mass is 444 g/mol. The Morgan fingerprint density at radius 3 is 2.06 bits per heavy atom. The molecule has 6 nitrogen and oxygen atoms in total. The minimum atomic E-state index is -5.49. The van der Waals surface area contributed by atoms with Crippen LogP contribution >= 0.6 is 0 Å². The van der Waals surface area contributed by atoms with Gasteiger partial charge in [-0.05, 0) is 24.3 Å². The van der Waals surface area contributed by atoms with Crippen LogP contribution in [0.1, 0.15) is 0 Å². The Morgan fingerprint density at radius 1 is 0.806 bits per heavy atom. The molecule has 2 heterocycles. The molecule has 0 atom stereocenters. The molecule has 4 rings (SSSR count). The van der Waals surface area contributed by atoms with Crippen LogP contribution in [0.3, 0.4) is 0 Å². The number of sulfonamides is 1. The average molecular weight is 444 g/mol. The number of aromatic amines is 1. The van der Waals surface area contributed by atoms with Gasteiger partial charge in [-0.2, -0.15) is 21.6 Å². The van der Waals surface area contributed by atoms with E-state index in [1.165, 1.54) is 29.0 Å². The number of H-pyrrole nitrogens is 1. The molecule has 0 aliphatic carbocycles. The summed E-state index contributed by atoms with van der Waals surface area (Å²) in [7, 11) is -5.49. The Kier molecular flexibility index (Phi) is 5.24. The molecule has 0 aliphatic rings. The first-order valence-corrected chi connectivity index (χ1v) is 10.5. The zero-order valence-corrected chi connectivity index (χ0v) is 16.6. The van der Waals surface area contributed by atoms with Crippen molar-refractivity contribution in [2.75, 3.05) is 4.72 Å². The van der Waals surface area contributed by atoms with E-state index in [0.29, 0.717) is 22.8 Å². The maximum absolute atomic E-state index is 12.6. The smallest absolute Gasteiger partial charge is 0.337 e. The zero-order valence-electron chi connectivity index (χ0n) is 15.8. The maximum atomic E-state index is 12.6. The van der Waals surface area contributed by atoms with Crippen LogP contribution in [-0.2, 0) is 10.0 Å². The largest absolute Gasteiger partial charge is 0.516 e. The molecular formula is C21H15F3N4O2S. The lowest BCUT2D eigenvalue weighted by molar-refractivity contribution is -0.0429. The lowest BCUT2D eigenvalue weighted by atomic mass is 10.1. The van der Waals surface area contributed by atoms with Gasteiger partial charge in [0.2, 0.25) is 0 Å². The predicted octanol–water partition coefficient (Wildman–Crippen LogP) is 5.07. The van der Waals surface area contributed by atoms with Gasteiger partial charge in [-0.15, -0.1) is 0 Å². The number of hydrogen-bond donors (Lipinski definition) is 2. The second-order valence-electron chi connectivity index (χ2n) is 6.54. The molecular weight excluding hydrogens is 429 g/mol. The van der Waals surface area contributed by atoms with Crippen LogP contribution in [0, 0.1) is 0 Å². The Bertz CT molecular complexity index is 1290. The number of aromatic nitrogens is 3. The fourth-order valence-electron chi connectivity index (χ4n) is 2.95. The molecule has 2 aromatic carbocycles. The molecule has 10 heteroatoms. The van der Waals surface area contributed by atoms with Crippen molar-refractivity contribution < 1.29 is 21.6 Å². The SMILES string of the molecule is O=S(=O)(Nc1ccc(-c2nc(-c3ccccc3)[nH]c2-c2ccncc2)cc1)C(F)(F)F. The summed E-state index contributed by atoms with van der Waals surface area (Å²) in [5, 5.41) is 0. The number of nitrogens with one attached hydrogen (secondary N) is 2. The van der Waals surface area contributed by atoms with Crippen LogP contribution in [-0.4, -0.2) is 28.9 Å². The second kappa shape index (κ2) is 7.88. The summed E-state index contributed by atoms with van der Waals surface area (Å²) in [6, 6.07) is 18.6. The minimum Gasteiger partial charge on any atom is -0.337 e. The molecule has 2 N–H and O–H groups in total. The van der Waals surface area contributed by atoms with E-state index >= 15 is 0 Å². The van der Waals surface area contributed by atoms with Crippen LogP contribution in [0.25, 0.3) is 33.9 Å². The molecule has 0 bridgehead atoms. The first kappa shape index (κ1) is 20.6. The van der Waals surface area contributed by atoms with Gasteiger partial charge in [-0.3, -0.25) is 9.71 Å². The number of halogens is 3. The molecule has 0 saturated carbocycles. The molecule has 0 unspecified atom stereocenters. The third-order valence-electron chi connectivity index (χ3n) is 4.44. The van der Waals surface area contributed by atoms with Crippen LogP contribution in [0.2, 0.25) is 0 Å². The van der Waals surface area contributed by atoms with Gasteiger partial charge >= 0.3 is 15.5 Å². The summed E-state index contributed by atoms with van der Waals surface area (Å²) in [6.07, 6.45) is 3.27. The Balaban J connectivity index is 1.74. The van der Waals surface area contributed by atoms with Gasteiger partial charge in [-0.1, -0.05) is 42.5 Å². The molecule has 0 spiro atoms. The summed E-state index contributed by atoms with van der Waals surface area (Å²) in [5.74, 6) is 0.615. The predicted molar refractivity (Wildman–Crippen MR) is 111 cm³/mol. The van der Waals surface area contributed by atoms with E-state index < -0.39 is 15.5 Å². The van der Waals surface area contributed by atoms with Crippen molar-refractivity contribution in [2.24, 2.45) is 0 Å². The summed E-state index contributed by atoms with van der Waals surface area (Å²) in [6.45, 7) is 0. The van der Waals surface area contributed by atoms with Gasteiger partial charge in [0.15, 0.2) is 0 Å². The summed E-state index contributed by atoms with van der Waals surface area (Å²) in [4.78, 5) is 12.0. The van der Waals surface area contributed by atoms with Gasteiger partial charge in [0.1, 0.15) is 5.82 Å². The van der Waals surface area contributed by atoms with E-state index in [-0.39, 0.29) is 5.69 Å². The molecule has 4 aromatic rings. The number of rotatable bonds is 5. The van der Waals surface area contributed by atoms with Gasteiger partial charge in [0, 0.05) is 34.8 Å². The van der Waals surface area contributed by atoms with E-state index in [4.69, 9.17) is 0 Å².